The molecule has 124 valence electrons. The second kappa shape index (κ2) is 5.98. The Hall–Kier alpha value is -3.28. The molecule has 0 radical (unpaired) electrons. The van der Waals surface area contributed by atoms with Gasteiger partial charge in [0.25, 0.3) is 0 Å². The number of hydrogen-bond acceptors (Lipinski definition) is 4. The minimum absolute atomic E-state index is 0.173. The van der Waals surface area contributed by atoms with Crippen LogP contribution in [-0.2, 0) is 6.42 Å². The fourth-order valence-electron chi connectivity index (χ4n) is 3.01. The van der Waals surface area contributed by atoms with Crippen LogP contribution in [0.25, 0.3) is 10.9 Å². The Kier molecular flexibility index (Phi) is 3.65. The molecule has 1 aliphatic carbocycles. The molecule has 0 saturated carbocycles. The number of H-pyrrole nitrogens is 1. The lowest BCUT2D eigenvalue weighted by Crippen LogP contribution is -2.29. The minimum atomic E-state index is -0.292. The van der Waals surface area contributed by atoms with E-state index in [-0.39, 0.29) is 28.8 Å². The maximum absolute atomic E-state index is 13.4. The summed E-state index contributed by atoms with van der Waals surface area (Å²) in [5, 5.41) is 3.82. The van der Waals surface area contributed by atoms with E-state index in [1.807, 2.05) is 6.20 Å². The first-order chi connectivity index (χ1) is 12.1. The Bertz CT molecular complexity index is 1040. The number of carbonyl (C=O) groups excluding carboxylic acids is 2. The van der Waals surface area contributed by atoms with Crippen LogP contribution in [-0.4, -0.2) is 28.1 Å². The second-order valence-corrected chi connectivity index (χ2v) is 5.83. The maximum atomic E-state index is 13.4. The Labute approximate surface area is 142 Å². The largest absolute Gasteiger partial charge is 0.381 e. The molecule has 0 saturated heterocycles. The summed E-state index contributed by atoms with van der Waals surface area (Å²) in [7, 11) is 0. The number of Topliss-reactive ketones (excluding diaryl/α,β-unsaturated/α-hetero) is 1. The summed E-state index contributed by atoms with van der Waals surface area (Å²) in [6, 6.07) is 7.80. The van der Waals surface area contributed by atoms with Crippen LogP contribution in [0.1, 0.15) is 26.4 Å². The molecule has 0 spiro atoms. The number of aromatic amines is 1. The van der Waals surface area contributed by atoms with Crippen molar-refractivity contribution in [1.82, 2.24) is 15.3 Å². The number of rotatable bonds is 4. The van der Waals surface area contributed by atoms with Crippen molar-refractivity contribution in [2.24, 2.45) is 0 Å². The van der Waals surface area contributed by atoms with Crippen LogP contribution >= 0.6 is 0 Å². The van der Waals surface area contributed by atoms with Gasteiger partial charge in [-0.05, 0) is 42.3 Å². The topological polar surface area (TPSA) is 74.8 Å². The van der Waals surface area contributed by atoms with E-state index in [1.165, 1.54) is 24.4 Å². The normalized spacial score (nSPS) is 13.7. The van der Waals surface area contributed by atoms with Crippen LogP contribution in [0.3, 0.4) is 0 Å². The fraction of sp³-hybridized carbons (Fsp3) is 0.105. The van der Waals surface area contributed by atoms with Gasteiger partial charge < -0.3 is 10.3 Å². The highest BCUT2D eigenvalue weighted by molar-refractivity contribution is 6.23. The van der Waals surface area contributed by atoms with Gasteiger partial charge in [0, 0.05) is 35.9 Å². The summed E-state index contributed by atoms with van der Waals surface area (Å²) in [6.45, 7) is 0.441. The molecular weight excluding hydrogens is 321 g/mol. The van der Waals surface area contributed by atoms with Crippen LogP contribution in [0.5, 0.6) is 0 Å². The molecule has 25 heavy (non-hydrogen) atoms. The maximum Gasteiger partial charge on any atom is 0.228 e. The van der Waals surface area contributed by atoms with Gasteiger partial charge in [-0.25, -0.2) is 4.39 Å². The highest BCUT2D eigenvalue weighted by Crippen LogP contribution is 2.20. The average molecular weight is 335 g/mol. The van der Waals surface area contributed by atoms with Crippen molar-refractivity contribution in [2.75, 3.05) is 6.54 Å². The number of allylic oxidation sites excluding steroid dienone is 2. The van der Waals surface area contributed by atoms with Gasteiger partial charge in [-0.1, -0.05) is 0 Å². The van der Waals surface area contributed by atoms with E-state index >= 15 is 0 Å². The van der Waals surface area contributed by atoms with Crippen molar-refractivity contribution >= 4 is 22.5 Å². The fourth-order valence-corrected chi connectivity index (χ4v) is 3.01. The van der Waals surface area contributed by atoms with E-state index in [1.54, 1.807) is 18.2 Å². The van der Waals surface area contributed by atoms with Crippen molar-refractivity contribution in [3.8, 4) is 0 Å². The van der Waals surface area contributed by atoms with Crippen LogP contribution in [0.15, 0.2) is 54.5 Å². The summed E-state index contributed by atoms with van der Waals surface area (Å²) in [4.78, 5) is 31.6. The van der Waals surface area contributed by atoms with Crippen LogP contribution < -0.4 is 5.32 Å². The van der Waals surface area contributed by atoms with Gasteiger partial charge in [0.2, 0.25) is 5.78 Å². The molecule has 0 atom stereocenters. The monoisotopic (exact) mass is 335 g/mol. The smallest absolute Gasteiger partial charge is 0.228 e. The van der Waals surface area contributed by atoms with Gasteiger partial charge in [-0.2, -0.15) is 0 Å². The summed E-state index contributed by atoms with van der Waals surface area (Å²) < 4.78 is 13.4. The number of hydrogen-bond donors (Lipinski definition) is 2. The molecule has 1 aliphatic rings. The molecule has 3 aromatic rings. The third-order valence-corrected chi connectivity index (χ3v) is 4.25. The third kappa shape index (κ3) is 2.71. The Morgan fingerprint density at radius 2 is 2.08 bits per heavy atom. The quantitative estimate of drug-likeness (QED) is 0.769. The van der Waals surface area contributed by atoms with E-state index in [0.717, 1.165) is 16.5 Å². The average Bonchev–Trinajstić information content (AvgIpc) is 3.01. The van der Waals surface area contributed by atoms with Gasteiger partial charge in [0.05, 0.1) is 11.3 Å². The predicted octanol–water partition coefficient (Wildman–Crippen LogP) is 2.80. The number of benzene rings is 1. The van der Waals surface area contributed by atoms with Crippen molar-refractivity contribution in [2.45, 2.75) is 6.42 Å². The molecule has 4 rings (SSSR count). The zero-order valence-corrected chi connectivity index (χ0v) is 13.2. The molecular formula is C19H14FN3O2. The summed E-state index contributed by atoms with van der Waals surface area (Å²) >= 11 is 0. The number of nitrogens with zero attached hydrogens (tertiary/aromatic N) is 1. The molecule has 0 bridgehead atoms. The number of pyridine rings is 1. The molecule has 0 aliphatic heterocycles. The van der Waals surface area contributed by atoms with E-state index in [4.69, 9.17) is 0 Å². The van der Waals surface area contributed by atoms with Crippen molar-refractivity contribution in [3.63, 3.8) is 0 Å². The first-order valence-corrected chi connectivity index (χ1v) is 7.88. The van der Waals surface area contributed by atoms with Crippen LogP contribution in [0, 0.1) is 5.82 Å². The van der Waals surface area contributed by atoms with Crippen molar-refractivity contribution < 1.29 is 14.0 Å². The van der Waals surface area contributed by atoms with E-state index in [0.29, 0.717) is 18.5 Å². The number of nitrogens with one attached hydrogen (secondary N) is 2. The standard InChI is InChI=1S/C19H14FN3O2/c20-12-3-4-15-14(8-12)11(10-23-15)5-7-21-16-9-17(24)13-2-1-6-22-18(13)19(16)25/h1-4,6,8-10,21,23H,5,7H2. The van der Waals surface area contributed by atoms with Crippen molar-refractivity contribution in [3.05, 3.63) is 77.1 Å². The van der Waals surface area contributed by atoms with Crippen LogP contribution in [0.2, 0.25) is 0 Å². The van der Waals surface area contributed by atoms with Crippen molar-refractivity contribution in [1.29, 1.82) is 0 Å². The zero-order chi connectivity index (χ0) is 17.4. The lowest BCUT2D eigenvalue weighted by molar-refractivity contribution is 0.0974. The number of halogens is 1. The Morgan fingerprint density at radius 1 is 1.20 bits per heavy atom. The van der Waals surface area contributed by atoms with Gasteiger partial charge in [0.15, 0.2) is 5.78 Å². The van der Waals surface area contributed by atoms with Gasteiger partial charge >= 0.3 is 0 Å². The highest BCUT2D eigenvalue weighted by Gasteiger charge is 2.26. The molecule has 2 aromatic heterocycles. The molecule has 1 aromatic carbocycles. The summed E-state index contributed by atoms with van der Waals surface area (Å²) in [5.74, 6) is -0.820. The third-order valence-electron chi connectivity index (χ3n) is 4.25. The zero-order valence-electron chi connectivity index (χ0n) is 13.2. The second-order valence-electron chi connectivity index (χ2n) is 5.83. The number of fused-ring (bicyclic) bond motifs is 2. The Balaban J connectivity index is 1.49. The number of aromatic nitrogens is 2. The first-order valence-electron chi connectivity index (χ1n) is 7.88. The first kappa shape index (κ1) is 15.3. The van der Waals surface area contributed by atoms with E-state index in [2.05, 4.69) is 15.3 Å². The molecule has 6 heteroatoms. The van der Waals surface area contributed by atoms with Gasteiger partial charge in [-0.3, -0.25) is 14.6 Å². The molecule has 2 heterocycles. The van der Waals surface area contributed by atoms with Gasteiger partial charge in [-0.15, -0.1) is 0 Å². The summed E-state index contributed by atoms with van der Waals surface area (Å²) in [5.41, 5.74) is 2.53. The molecule has 5 nitrogen and oxygen atoms in total. The number of carbonyl (C=O) groups is 2. The predicted molar refractivity (Wildman–Crippen MR) is 90.9 cm³/mol. The summed E-state index contributed by atoms with van der Waals surface area (Å²) in [6.07, 6.45) is 5.21. The highest BCUT2D eigenvalue weighted by atomic mass is 19.1. The van der Waals surface area contributed by atoms with Crippen LogP contribution in [0.4, 0.5) is 4.39 Å². The van der Waals surface area contributed by atoms with E-state index < -0.39 is 0 Å². The Morgan fingerprint density at radius 3 is 2.96 bits per heavy atom. The molecule has 0 amide bonds. The molecule has 0 unspecified atom stereocenters. The molecule has 0 fully saturated rings. The molecule has 2 N–H and O–H groups in total. The van der Waals surface area contributed by atoms with E-state index in [9.17, 15) is 14.0 Å². The minimum Gasteiger partial charge on any atom is -0.381 e. The SMILES string of the molecule is O=C1C=C(NCCc2c[nH]c3ccc(F)cc23)C(=O)c2ncccc21. The lowest BCUT2D eigenvalue weighted by atomic mass is 9.97. The lowest BCUT2D eigenvalue weighted by Gasteiger charge is -2.15. The van der Waals surface area contributed by atoms with Gasteiger partial charge in [0.1, 0.15) is 11.5 Å². The number of ketones is 2.